The number of aliphatic hydroxyl groups is 1. The highest BCUT2D eigenvalue weighted by atomic mass is 32.2. The van der Waals surface area contributed by atoms with Crippen molar-refractivity contribution in [1.82, 2.24) is 101 Å². The summed E-state index contributed by atoms with van der Waals surface area (Å²) in [6.07, 6.45) is 2.30. The Morgan fingerprint density at radius 2 is 0.633 bits per heavy atom. The molecule has 0 saturated heterocycles. The maximum atomic E-state index is 15.5. The lowest BCUT2D eigenvalue weighted by Crippen LogP contribution is -2.63. The van der Waals surface area contributed by atoms with Crippen molar-refractivity contribution in [2.75, 3.05) is 58.4 Å². The quantitative estimate of drug-likeness (QED) is 0.0186. The van der Waals surface area contributed by atoms with E-state index in [1.54, 1.807) is 150 Å². The molecule has 0 radical (unpaired) electrons. The van der Waals surface area contributed by atoms with E-state index in [1.165, 1.54) is 25.7 Å². The maximum Gasteiger partial charge on any atom is 0.326 e. The molecule has 16 amide bonds. The first-order valence-electron chi connectivity index (χ1n) is 51.7. The molecule has 0 heterocycles. The van der Waals surface area contributed by atoms with Gasteiger partial charge in [0, 0.05) is 39.5 Å². The molecule has 2 aromatic carbocycles. The summed E-state index contributed by atoms with van der Waals surface area (Å²) in [5.74, 6) is -21.6. The third-order valence-electron chi connectivity index (χ3n) is 25.2. The molecule has 0 aromatic heterocycles. The number of thioether (sulfide) groups is 1. The molecule has 0 saturated carbocycles. The molecule has 50 heteroatoms. The zero-order valence-corrected chi connectivity index (χ0v) is 90.4. The van der Waals surface area contributed by atoms with Crippen molar-refractivity contribution >= 4 is 136 Å². The lowest BCUT2D eigenvalue weighted by atomic mass is 9.94. The smallest absolute Gasteiger partial charge is 0.326 e. The molecule has 0 aliphatic carbocycles. The summed E-state index contributed by atoms with van der Waals surface area (Å²) in [6, 6.07) is -8.22. The number of carbonyl (C=O) groups is 18. The van der Waals surface area contributed by atoms with Crippen molar-refractivity contribution in [2.24, 2.45) is 69.9 Å². The van der Waals surface area contributed by atoms with Gasteiger partial charge in [-0.05, 0) is 181 Å². The summed E-state index contributed by atoms with van der Waals surface area (Å²) in [5.41, 5.74) is 34.9. The van der Waals surface area contributed by atoms with E-state index in [0.29, 0.717) is 42.6 Å². The number of aliphatic hydroxyl groups excluding tert-OH is 1. The first-order valence-corrected chi connectivity index (χ1v) is 53.1. The zero-order chi connectivity index (χ0) is 113. The maximum absolute atomic E-state index is 15.5. The van der Waals surface area contributed by atoms with E-state index < -0.39 is 252 Å². The number of nitrogens with one attached hydrogen (secondary N) is 21. The first kappa shape index (κ1) is 133. The zero-order valence-electron chi connectivity index (χ0n) is 89.6. The molecular formula is C100H172N28O21S. The summed E-state index contributed by atoms with van der Waals surface area (Å²) in [6.45, 7) is 21.4. The molecule has 0 bridgehead atoms. The Labute approximate surface area is 884 Å². The van der Waals surface area contributed by atoms with E-state index in [2.05, 4.69) is 95.7 Å². The number of rotatable bonds is 75. The average molecular weight is 2130 g/mol. The molecule has 844 valence electrons. The number of hydrogen-bond donors (Lipinski definition) is 30. The second kappa shape index (κ2) is 71.6. The van der Waals surface area contributed by atoms with E-state index in [4.69, 9.17) is 50.6 Å². The first-order chi connectivity index (χ1) is 70.8. The number of unbranched alkanes of at least 4 members (excludes halogenated alkanes) is 2. The molecule has 49 nitrogen and oxygen atoms in total. The van der Waals surface area contributed by atoms with Gasteiger partial charge in [0.15, 0.2) is 17.9 Å². The fourth-order valence-corrected chi connectivity index (χ4v) is 16.4. The molecule has 2 rings (SSSR count). The van der Waals surface area contributed by atoms with Crippen LogP contribution in [0.3, 0.4) is 0 Å². The van der Waals surface area contributed by atoms with Gasteiger partial charge in [0.1, 0.15) is 96.7 Å². The number of carboxylic acids is 2. The normalized spacial score (nSPS) is 15.2. The van der Waals surface area contributed by atoms with Gasteiger partial charge in [0.25, 0.3) is 0 Å². The SMILES string of the molecule is CC[C@H](C)[C@H](NC(=O)[C@H](CCCNC(=N)N)NC(=O)[C@H](CCSC)NC(=O)[C@H](C)N)C(=O)N[C@@H](CO)C(=O)N[C@@H](CCCNC(=N)N)C(=O)N[C@H](C(=O)N[C@H](C(=O)N[C@@H](CC(C)C)C(=O)N[C@H](CC(=O)O)C(=O)N[C@@H](Cc1ccccc1)C(=O)N[C@@H](CC(C)C)C(=O)N(C)[C@@H](Cc1ccccc1)C(=O)N[C@@H](CC(C)C)C(=O)N[C@@H](CCCNC(=N)N)C(=O)N[C@@H](CCCCN)C(=O)N[C@@H](CCCCN)C(=O)O)[C@@H](C)CC)[C@@H](C)CC. The predicted octanol–water partition coefficient (Wildman–Crippen LogP) is -2.45. The van der Waals surface area contributed by atoms with Gasteiger partial charge < -0.3 is 150 Å². The van der Waals surface area contributed by atoms with Crippen LogP contribution in [0.15, 0.2) is 60.7 Å². The van der Waals surface area contributed by atoms with Crippen LogP contribution in [0.2, 0.25) is 0 Å². The number of nitrogens with zero attached hydrogens (tertiary/aromatic N) is 1. The molecule has 20 atom stereocenters. The van der Waals surface area contributed by atoms with Crippen molar-refractivity contribution in [3.63, 3.8) is 0 Å². The molecule has 0 spiro atoms. The number of hydrogen-bond acceptors (Lipinski definition) is 26. The number of guanidine groups is 3. The number of carbonyl (C=O) groups excluding carboxylic acids is 16. The van der Waals surface area contributed by atoms with Crippen molar-refractivity contribution in [1.29, 1.82) is 16.2 Å². The van der Waals surface area contributed by atoms with E-state index in [-0.39, 0.29) is 166 Å². The Morgan fingerprint density at radius 1 is 0.347 bits per heavy atom. The topological polar surface area (TPSA) is 815 Å². The minimum Gasteiger partial charge on any atom is -0.481 e. The monoisotopic (exact) mass is 2130 g/mol. The van der Waals surface area contributed by atoms with Gasteiger partial charge in [-0.2, -0.15) is 11.8 Å². The molecule has 0 aliphatic rings. The van der Waals surface area contributed by atoms with Crippen molar-refractivity contribution in [2.45, 2.75) is 334 Å². The van der Waals surface area contributed by atoms with E-state index in [0.717, 1.165) is 4.90 Å². The van der Waals surface area contributed by atoms with Crippen LogP contribution in [0.1, 0.15) is 230 Å². The van der Waals surface area contributed by atoms with Crippen LogP contribution in [-0.4, -0.2) is 306 Å². The summed E-state index contributed by atoms with van der Waals surface area (Å²) in [4.78, 5) is 261. The average Bonchev–Trinajstić information content (AvgIpc) is 0.823. The van der Waals surface area contributed by atoms with Gasteiger partial charge in [-0.15, -0.1) is 0 Å². The Bertz CT molecular complexity index is 4660. The lowest BCUT2D eigenvalue weighted by molar-refractivity contribution is -0.143. The van der Waals surface area contributed by atoms with Crippen LogP contribution in [-0.2, 0) is 99.1 Å². The molecule has 0 unspecified atom stereocenters. The van der Waals surface area contributed by atoms with Crippen molar-refractivity contribution in [3.8, 4) is 0 Å². The highest BCUT2D eigenvalue weighted by molar-refractivity contribution is 7.98. The molecule has 2 aromatic rings. The second-order valence-electron chi connectivity index (χ2n) is 39.3. The van der Waals surface area contributed by atoms with Gasteiger partial charge in [0.05, 0.1) is 19.1 Å². The number of amides is 16. The summed E-state index contributed by atoms with van der Waals surface area (Å²) in [7, 11) is 1.32. The second-order valence-corrected chi connectivity index (χ2v) is 40.3. The summed E-state index contributed by atoms with van der Waals surface area (Å²) in [5, 5.41) is 102. The van der Waals surface area contributed by atoms with Gasteiger partial charge in [-0.25, -0.2) is 4.79 Å². The van der Waals surface area contributed by atoms with E-state index in [1.807, 2.05) is 0 Å². The number of carboxylic acid groups (broad SMARTS) is 2. The van der Waals surface area contributed by atoms with Gasteiger partial charge >= 0.3 is 11.9 Å². The van der Waals surface area contributed by atoms with Crippen LogP contribution >= 0.6 is 11.8 Å². The van der Waals surface area contributed by atoms with Crippen LogP contribution in [0.25, 0.3) is 0 Å². The number of nitrogens with two attached hydrogens (primary N) is 6. The minimum absolute atomic E-state index is 0.0187. The summed E-state index contributed by atoms with van der Waals surface area (Å²) >= 11 is 1.39. The Balaban J connectivity index is 2.72. The highest BCUT2D eigenvalue weighted by Crippen LogP contribution is 2.22. The highest BCUT2D eigenvalue weighted by Gasteiger charge is 2.43. The van der Waals surface area contributed by atoms with E-state index >= 15 is 28.8 Å². The Hall–Kier alpha value is -13.1. The minimum atomic E-state index is -2.00. The van der Waals surface area contributed by atoms with Crippen LogP contribution in [0.5, 0.6) is 0 Å². The van der Waals surface area contributed by atoms with Crippen LogP contribution < -0.4 is 130 Å². The molecule has 0 fully saturated rings. The van der Waals surface area contributed by atoms with E-state index in [9.17, 15) is 72.9 Å². The summed E-state index contributed by atoms with van der Waals surface area (Å²) < 4.78 is 0. The van der Waals surface area contributed by atoms with Crippen LogP contribution in [0.4, 0.5) is 0 Å². The largest absolute Gasteiger partial charge is 0.481 e. The molecule has 150 heavy (non-hydrogen) atoms. The Kier molecular flexibility index (Phi) is 63.4. The fraction of sp³-hybridized carbons (Fsp3) is 0.670. The third-order valence-corrected chi connectivity index (χ3v) is 25.8. The number of likely N-dealkylation sites (N-methyl/N-ethyl adjacent to an activating group) is 1. The van der Waals surface area contributed by atoms with Gasteiger partial charge in [0.2, 0.25) is 94.5 Å². The third kappa shape index (κ3) is 50.9. The number of aliphatic carboxylic acids is 2. The number of benzene rings is 2. The van der Waals surface area contributed by atoms with Gasteiger partial charge in [-0.1, -0.05) is 163 Å². The van der Waals surface area contributed by atoms with Crippen molar-refractivity contribution < 1.29 is 102 Å². The lowest BCUT2D eigenvalue weighted by Gasteiger charge is -2.33. The van der Waals surface area contributed by atoms with Gasteiger partial charge in [-0.3, -0.25) is 97.7 Å². The fourth-order valence-electron chi connectivity index (χ4n) is 15.9. The van der Waals surface area contributed by atoms with Crippen molar-refractivity contribution in [3.05, 3.63) is 71.8 Å². The molecular weight excluding hydrogens is 1960 g/mol. The van der Waals surface area contributed by atoms with Crippen LogP contribution in [0, 0.1) is 51.7 Å². The molecule has 0 aliphatic heterocycles. The predicted molar refractivity (Wildman–Crippen MR) is 569 cm³/mol. The standard InChI is InChI=1S/C100H172N28O21S/c1-16-58(10)78(125-85(136)66(39-30-45-111-99(106)107)115-84(135)68(41-47-150-15)113-81(132)61(13)103)94(145)124-75(54-129)91(142)117-67(40-31-46-112-100(108)109)86(137)126-80(60(12)18-3)95(146)127-79(59(11)17-2)93(144)122-71(49-56(6)7)88(139)120-73(53-77(130)131)90(141)119-72(51-62-32-21-19-22-33-62)89(140)123-74(50-57(8)9)96(147)128(14)76(52-63-34-23-20-24-35-63)92(143)121-70(48-55(4)5)87(138)116-65(38-29-44-110-98(104)105)82(133)114-64(36-25-27-42-101)83(134)118-69(97(148)149)37-26-28-43-102/h19-24,32-35,55-61,64-76,78-80,129H,16-18,25-31,36-54,101-103H2,1-15H3,(H,113,132)(H,114,133)(H,115,135)(H,116,138)(H,117,142)(H,118,134)(H,119,141)(H,120,139)(H,121,143)(H,122,144)(H,123,140)(H,124,145)(H,125,136)(H,126,137)(H,127,146)(H,130,131)(H,148,149)(H4,104,105,110)(H4,106,107,111)(H4,108,109,112)/t58-,59-,60-,61-,64-,65-,66-,67-,68-,69-,70-,71-,72-,73+,74-,75-,76-,78-,79-,80-/m0/s1. The molecule has 36 N–H and O–H groups in total. The Morgan fingerprint density at radius 3 is 0.993 bits per heavy atom.